The van der Waals surface area contributed by atoms with Crippen LogP contribution < -0.4 is 0 Å². The predicted octanol–water partition coefficient (Wildman–Crippen LogP) is 4.68. The molecule has 0 bridgehead atoms. The highest BCUT2D eigenvalue weighted by Gasteiger charge is 2.34. The van der Waals surface area contributed by atoms with E-state index in [0.29, 0.717) is 23.2 Å². The summed E-state index contributed by atoms with van der Waals surface area (Å²) in [7, 11) is 0. The first-order chi connectivity index (χ1) is 9.38. The smallest absolute Gasteiger partial charge is 0.181 e. The van der Waals surface area contributed by atoms with Crippen LogP contribution in [0.15, 0.2) is 24.3 Å². The molecule has 2 aromatic rings. The molecule has 1 atom stereocenters. The highest BCUT2D eigenvalue weighted by atomic mass is 35.5. The van der Waals surface area contributed by atoms with Crippen LogP contribution in [0.25, 0.3) is 10.8 Å². The minimum atomic E-state index is 0.119. The fourth-order valence-corrected chi connectivity index (χ4v) is 3.22. The number of pyridine rings is 1. The Kier molecular flexibility index (Phi) is 3.09. The molecule has 0 saturated carbocycles. The van der Waals surface area contributed by atoms with Crippen molar-refractivity contribution >= 4 is 28.2 Å². The summed E-state index contributed by atoms with van der Waals surface area (Å²) in [5.41, 5.74) is 1.77. The van der Waals surface area contributed by atoms with E-state index in [1.807, 2.05) is 24.3 Å². The molecule has 3 heteroatoms. The van der Waals surface area contributed by atoms with Gasteiger partial charge in [-0.3, -0.25) is 4.79 Å². The minimum absolute atomic E-state index is 0.119. The van der Waals surface area contributed by atoms with Gasteiger partial charge in [0.25, 0.3) is 0 Å². The lowest BCUT2D eigenvalue weighted by Gasteiger charge is -2.34. The standard InChI is InChI=1S/C17H18ClNO/c1-17(2,3)10-8-13-11-6-4-5-7-12(11)16(18)19-15(13)14(20)9-10/h4-7,10H,8-9H2,1-3H3. The van der Waals surface area contributed by atoms with E-state index in [-0.39, 0.29) is 11.2 Å². The molecular weight excluding hydrogens is 270 g/mol. The molecule has 0 radical (unpaired) electrons. The summed E-state index contributed by atoms with van der Waals surface area (Å²) in [5, 5.41) is 2.45. The van der Waals surface area contributed by atoms with Crippen molar-refractivity contribution in [2.24, 2.45) is 11.3 Å². The monoisotopic (exact) mass is 287 g/mol. The van der Waals surface area contributed by atoms with E-state index in [0.717, 1.165) is 22.8 Å². The van der Waals surface area contributed by atoms with Gasteiger partial charge in [-0.05, 0) is 28.7 Å². The first kappa shape index (κ1) is 13.6. The van der Waals surface area contributed by atoms with Gasteiger partial charge in [0.15, 0.2) is 5.78 Å². The number of Topliss-reactive ketones (excluding diaryl/α,β-unsaturated/α-hetero) is 1. The number of fused-ring (bicyclic) bond motifs is 3. The molecule has 1 heterocycles. The Hall–Kier alpha value is -1.41. The second-order valence-electron chi connectivity index (χ2n) is 6.67. The molecular formula is C17H18ClNO. The highest BCUT2D eigenvalue weighted by molar-refractivity contribution is 6.34. The number of benzene rings is 1. The molecule has 2 nitrogen and oxygen atoms in total. The average Bonchev–Trinajstić information content (AvgIpc) is 2.39. The molecule has 104 valence electrons. The van der Waals surface area contributed by atoms with E-state index < -0.39 is 0 Å². The second-order valence-corrected chi connectivity index (χ2v) is 7.03. The zero-order chi connectivity index (χ0) is 14.5. The van der Waals surface area contributed by atoms with Crippen LogP contribution in [0.5, 0.6) is 0 Å². The molecule has 3 rings (SSSR count). The number of hydrogen-bond acceptors (Lipinski definition) is 2. The SMILES string of the molecule is CC(C)(C)C1CC(=O)c2nc(Cl)c3ccccc3c2C1. The maximum absolute atomic E-state index is 12.4. The van der Waals surface area contributed by atoms with Crippen molar-refractivity contribution in [1.82, 2.24) is 4.98 Å². The molecule has 1 aromatic heterocycles. The third-order valence-corrected chi connectivity index (χ3v) is 4.63. The van der Waals surface area contributed by atoms with Gasteiger partial charge >= 0.3 is 0 Å². The van der Waals surface area contributed by atoms with E-state index in [1.165, 1.54) is 0 Å². The molecule has 20 heavy (non-hydrogen) atoms. The summed E-state index contributed by atoms with van der Waals surface area (Å²) in [6.07, 6.45) is 1.47. The minimum Gasteiger partial charge on any atom is -0.292 e. The Morgan fingerprint density at radius 1 is 1.15 bits per heavy atom. The van der Waals surface area contributed by atoms with Gasteiger partial charge in [0.1, 0.15) is 10.8 Å². The van der Waals surface area contributed by atoms with Gasteiger partial charge < -0.3 is 0 Å². The van der Waals surface area contributed by atoms with E-state index >= 15 is 0 Å². The maximum Gasteiger partial charge on any atom is 0.181 e. The quantitative estimate of drug-likeness (QED) is 0.659. The Balaban J connectivity index is 2.24. The lowest BCUT2D eigenvalue weighted by atomic mass is 9.70. The van der Waals surface area contributed by atoms with Gasteiger partial charge in [0.2, 0.25) is 0 Å². The van der Waals surface area contributed by atoms with Crippen molar-refractivity contribution in [2.45, 2.75) is 33.6 Å². The van der Waals surface area contributed by atoms with Crippen molar-refractivity contribution in [2.75, 3.05) is 0 Å². The molecule has 1 aliphatic rings. The number of carbonyl (C=O) groups excluding carboxylic acids is 1. The van der Waals surface area contributed by atoms with Crippen LogP contribution in [0.1, 0.15) is 43.2 Å². The summed E-state index contributed by atoms with van der Waals surface area (Å²) in [6.45, 7) is 6.59. The van der Waals surface area contributed by atoms with Gasteiger partial charge in [0, 0.05) is 11.8 Å². The Morgan fingerprint density at radius 3 is 2.45 bits per heavy atom. The number of rotatable bonds is 0. The zero-order valence-corrected chi connectivity index (χ0v) is 12.8. The van der Waals surface area contributed by atoms with Gasteiger partial charge in [0.05, 0.1) is 0 Å². The molecule has 0 amide bonds. The lowest BCUT2D eigenvalue weighted by Crippen LogP contribution is -2.31. The highest BCUT2D eigenvalue weighted by Crippen LogP contribution is 2.40. The fourth-order valence-electron chi connectivity index (χ4n) is 2.97. The first-order valence-electron chi connectivity index (χ1n) is 6.98. The van der Waals surface area contributed by atoms with Gasteiger partial charge in [-0.1, -0.05) is 56.6 Å². The number of ketones is 1. The van der Waals surface area contributed by atoms with Crippen molar-refractivity contribution in [1.29, 1.82) is 0 Å². The molecule has 0 N–H and O–H groups in total. The summed E-state index contributed by atoms with van der Waals surface area (Å²) in [5.74, 6) is 0.479. The first-order valence-corrected chi connectivity index (χ1v) is 7.36. The van der Waals surface area contributed by atoms with Crippen LogP contribution in [0.2, 0.25) is 5.15 Å². The predicted molar refractivity (Wildman–Crippen MR) is 82.3 cm³/mol. The van der Waals surface area contributed by atoms with Crippen LogP contribution >= 0.6 is 11.6 Å². The summed E-state index contributed by atoms with van der Waals surface area (Å²) >= 11 is 6.22. The van der Waals surface area contributed by atoms with Crippen LogP contribution in [-0.4, -0.2) is 10.8 Å². The summed E-state index contributed by atoms with van der Waals surface area (Å²) in [6, 6.07) is 7.95. The van der Waals surface area contributed by atoms with Gasteiger partial charge in [-0.15, -0.1) is 0 Å². The van der Waals surface area contributed by atoms with Crippen molar-refractivity contribution in [3.05, 3.63) is 40.7 Å². The van der Waals surface area contributed by atoms with Crippen LogP contribution in [0.3, 0.4) is 0 Å². The topological polar surface area (TPSA) is 30.0 Å². The molecule has 0 spiro atoms. The number of carbonyl (C=O) groups is 1. The Labute approximate surface area is 124 Å². The van der Waals surface area contributed by atoms with E-state index in [1.54, 1.807) is 0 Å². The average molecular weight is 288 g/mol. The normalized spacial score (nSPS) is 19.2. The number of aromatic nitrogens is 1. The lowest BCUT2D eigenvalue weighted by molar-refractivity contribution is 0.0889. The molecule has 1 aromatic carbocycles. The third-order valence-electron chi connectivity index (χ3n) is 4.34. The fraction of sp³-hybridized carbons (Fsp3) is 0.412. The Bertz CT molecular complexity index is 700. The number of nitrogens with zero attached hydrogens (tertiary/aromatic N) is 1. The van der Waals surface area contributed by atoms with Crippen LogP contribution in [0, 0.1) is 11.3 Å². The van der Waals surface area contributed by atoms with Crippen LogP contribution in [-0.2, 0) is 6.42 Å². The number of halogens is 1. The maximum atomic E-state index is 12.4. The van der Waals surface area contributed by atoms with E-state index in [9.17, 15) is 4.79 Å². The molecule has 0 aliphatic heterocycles. The van der Waals surface area contributed by atoms with Gasteiger partial charge in [-0.25, -0.2) is 4.98 Å². The summed E-state index contributed by atoms with van der Waals surface area (Å²) < 4.78 is 0. The Morgan fingerprint density at radius 2 is 1.80 bits per heavy atom. The number of hydrogen-bond donors (Lipinski definition) is 0. The summed E-state index contributed by atoms with van der Waals surface area (Å²) in [4.78, 5) is 16.8. The second kappa shape index (κ2) is 4.56. The van der Waals surface area contributed by atoms with Gasteiger partial charge in [-0.2, -0.15) is 0 Å². The zero-order valence-electron chi connectivity index (χ0n) is 12.0. The van der Waals surface area contributed by atoms with Crippen molar-refractivity contribution < 1.29 is 4.79 Å². The van der Waals surface area contributed by atoms with Crippen LogP contribution in [0.4, 0.5) is 0 Å². The largest absolute Gasteiger partial charge is 0.292 e. The molecule has 1 unspecified atom stereocenters. The van der Waals surface area contributed by atoms with E-state index in [4.69, 9.17) is 11.6 Å². The van der Waals surface area contributed by atoms with Crippen molar-refractivity contribution in [3.63, 3.8) is 0 Å². The van der Waals surface area contributed by atoms with E-state index in [2.05, 4.69) is 25.8 Å². The molecule has 1 aliphatic carbocycles. The molecule has 0 fully saturated rings. The third kappa shape index (κ3) is 2.12. The molecule has 0 saturated heterocycles. The van der Waals surface area contributed by atoms with Crippen molar-refractivity contribution in [3.8, 4) is 0 Å².